The van der Waals surface area contributed by atoms with Gasteiger partial charge in [0, 0.05) is 17.1 Å². The van der Waals surface area contributed by atoms with Crippen LogP contribution in [0.4, 0.5) is 0 Å². The van der Waals surface area contributed by atoms with E-state index in [4.69, 9.17) is 16.3 Å². The Morgan fingerprint density at radius 3 is 2.53 bits per heavy atom. The van der Waals surface area contributed by atoms with E-state index in [1.165, 1.54) is 15.0 Å². The summed E-state index contributed by atoms with van der Waals surface area (Å²) in [6, 6.07) is 11.4. The van der Waals surface area contributed by atoms with Crippen LogP contribution in [0.5, 0.6) is 5.75 Å². The number of aromatic nitrogens is 4. The zero-order valence-electron chi connectivity index (χ0n) is 16.5. The van der Waals surface area contributed by atoms with Crippen LogP contribution in [-0.2, 0) is 13.1 Å². The van der Waals surface area contributed by atoms with E-state index >= 15 is 0 Å². The Balaban J connectivity index is 1.87. The van der Waals surface area contributed by atoms with Gasteiger partial charge in [-0.3, -0.25) is 14.2 Å². The Labute approximate surface area is 175 Å². The molecule has 0 aliphatic carbocycles. The molecule has 0 aliphatic heterocycles. The molecule has 0 atom stereocenters. The number of hydrogen-bond donors (Lipinski definition) is 0. The second-order valence-corrected chi connectivity index (χ2v) is 7.28. The van der Waals surface area contributed by atoms with Gasteiger partial charge in [0.15, 0.2) is 5.78 Å². The quantitative estimate of drug-likeness (QED) is 0.442. The normalized spacial score (nSPS) is 11.3. The summed E-state index contributed by atoms with van der Waals surface area (Å²) in [6.45, 7) is 2.06. The van der Waals surface area contributed by atoms with Crippen molar-refractivity contribution in [3.05, 3.63) is 73.9 Å². The molecule has 0 radical (unpaired) electrons. The number of halogens is 1. The van der Waals surface area contributed by atoms with E-state index in [2.05, 4.69) is 5.10 Å². The molecule has 0 spiro atoms. The van der Waals surface area contributed by atoms with Gasteiger partial charge in [-0.1, -0.05) is 18.5 Å². The molecule has 0 unspecified atom stereocenters. The number of carbonyl (C=O) groups excluding carboxylic acids is 1. The summed E-state index contributed by atoms with van der Waals surface area (Å²) in [7, 11) is 1.54. The number of nitrogens with zero attached hydrogens (tertiary/aromatic N) is 4. The summed E-state index contributed by atoms with van der Waals surface area (Å²) in [5, 5.41) is 5.04. The molecule has 0 amide bonds. The summed E-state index contributed by atoms with van der Waals surface area (Å²) in [5.41, 5.74) is 0.0618. The maximum atomic E-state index is 13.1. The van der Waals surface area contributed by atoms with E-state index < -0.39 is 5.69 Å². The van der Waals surface area contributed by atoms with Gasteiger partial charge in [-0.2, -0.15) is 0 Å². The van der Waals surface area contributed by atoms with Crippen LogP contribution in [0.15, 0.2) is 52.1 Å². The number of ether oxygens (including phenoxy) is 1. The molecule has 9 heteroatoms. The Morgan fingerprint density at radius 1 is 1.13 bits per heavy atom. The monoisotopic (exact) mass is 426 g/mol. The third kappa shape index (κ3) is 3.29. The molecule has 0 saturated carbocycles. The molecule has 30 heavy (non-hydrogen) atoms. The fourth-order valence-corrected chi connectivity index (χ4v) is 3.60. The first-order valence-corrected chi connectivity index (χ1v) is 9.81. The van der Waals surface area contributed by atoms with Gasteiger partial charge < -0.3 is 4.74 Å². The van der Waals surface area contributed by atoms with Crippen LogP contribution in [-0.4, -0.2) is 31.6 Å². The minimum atomic E-state index is -0.496. The molecule has 2 aromatic heterocycles. The Kier molecular flexibility index (Phi) is 5.17. The maximum absolute atomic E-state index is 13.1. The van der Waals surface area contributed by atoms with Crippen molar-refractivity contribution in [2.45, 2.75) is 26.4 Å². The van der Waals surface area contributed by atoms with E-state index in [-0.39, 0.29) is 23.7 Å². The molecule has 0 saturated heterocycles. The van der Waals surface area contributed by atoms with Crippen LogP contribution in [0.3, 0.4) is 0 Å². The molecule has 0 aliphatic rings. The predicted octanol–water partition coefficient (Wildman–Crippen LogP) is 2.77. The first-order chi connectivity index (χ1) is 14.4. The Morgan fingerprint density at radius 2 is 1.87 bits per heavy atom. The minimum absolute atomic E-state index is 0.198. The van der Waals surface area contributed by atoms with Gasteiger partial charge >= 0.3 is 5.69 Å². The van der Waals surface area contributed by atoms with E-state index in [1.54, 1.807) is 43.5 Å². The third-order valence-corrected chi connectivity index (χ3v) is 5.13. The number of carbonyl (C=O) groups is 1. The highest BCUT2D eigenvalue weighted by atomic mass is 35.5. The highest BCUT2D eigenvalue weighted by Crippen LogP contribution is 2.17. The molecule has 4 aromatic rings. The molecule has 8 nitrogen and oxygen atoms in total. The first-order valence-electron chi connectivity index (χ1n) is 9.43. The van der Waals surface area contributed by atoms with Gasteiger partial charge in [0.05, 0.1) is 18.0 Å². The summed E-state index contributed by atoms with van der Waals surface area (Å²) >= 11 is 6.06. The maximum Gasteiger partial charge on any atom is 0.352 e. The Bertz CT molecular complexity index is 1380. The van der Waals surface area contributed by atoms with E-state index in [0.717, 1.165) is 4.68 Å². The number of benzene rings is 2. The zero-order chi connectivity index (χ0) is 21.4. The topological polar surface area (TPSA) is 87.6 Å². The SMILES string of the molecule is CCCn1c(=O)c2cc(Cl)ccc2n2c(=O)n(CC(=O)c3ccc(OC)cc3)nc12. The fraction of sp³-hybridized carbons (Fsp3) is 0.238. The molecule has 0 bridgehead atoms. The van der Waals surface area contributed by atoms with Gasteiger partial charge in [-0.25, -0.2) is 13.9 Å². The summed E-state index contributed by atoms with van der Waals surface area (Å²) in [4.78, 5) is 38.8. The van der Waals surface area contributed by atoms with E-state index in [0.29, 0.717) is 40.2 Å². The van der Waals surface area contributed by atoms with Gasteiger partial charge in [-0.05, 0) is 48.9 Å². The average Bonchev–Trinajstić information content (AvgIpc) is 3.07. The van der Waals surface area contributed by atoms with Crippen LogP contribution in [0.2, 0.25) is 5.02 Å². The number of hydrogen-bond acceptors (Lipinski definition) is 5. The van der Waals surface area contributed by atoms with Crippen molar-refractivity contribution in [1.29, 1.82) is 0 Å². The van der Waals surface area contributed by atoms with Crippen LogP contribution < -0.4 is 16.0 Å². The lowest BCUT2D eigenvalue weighted by Crippen LogP contribution is -2.27. The van der Waals surface area contributed by atoms with Crippen LogP contribution in [0.25, 0.3) is 16.7 Å². The highest BCUT2D eigenvalue weighted by Gasteiger charge is 2.19. The molecule has 2 heterocycles. The first kappa shape index (κ1) is 19.9. The number of aryl methyl sites for hydroxylation is 1. The molecule has 0 fully saturated rings. The lowest BCUT2D eigenvalue weighted by atomic mass is 10.1. The number of fused-ring (bicyclic) bond motifs is 3. The third-order valence-electron chi connectivity index (χ3n) is 4.89. The van der Waals surface area contributed by atoms with Crippen molar-refractivity contribution in [1.82, 2.24) is 18.7 Å². The Hall–Kier alpha value is -3.39. The van der Waals surface area contributed by atoms with Crippen molar-refractivity contribution in [3.63, 3.8) is 0 Å². The molecular formula is C21H19ClN4O4. The van der Waals surface area contributed by atoms with Crippen molar-refractivity contribution in [2.75, 3.05) is 7.11 Å². The van der Waals surface area contributed by atoms with Crippen LogP contribution in [0.1, 0.15) is 23.7 Å². The van der Waals surface area contributed by atoms with Crippen molar-refractivity contribution in [3.8, 4) is 5.75 Å². The van der Waals surface area contributed by atoms with Crippen molar-refractivity contribution >= 4 is 34.1 Å². The molecular weight excluding hydrogens is 408 g/mol. The predicted molar refractivity (Wildman–Crippen MR) is 114 cm³/mol. The largest absolute Gasteiger partial charge is 0.497 e. The lowest BCUT2D eigenvalue weighted by molar-refractivity contribution is 0.0966. The second kappa shape index (κ2) is 7.79. The standard InChI is InChI=1S/C21H19ClN4O4/c1-3-10-24-19(28)16-11-14(22)6-9-17(16)26-20(24)23-25(21(26)29)12-18(27)13-4-7-15(30-2)8-5-13/h4-9,11H,3,10,12H2,1-2H3. The van der Waals surface area contributed by atoms with Crippen LogP contribution in [0, 0.1) is 0 Å². The summed E-state index contributed by atoms with van der Waals surface area (Å²) in [5.74, 6) is 0.550. The molecule has 2 aromatic carbocycles. The van der Waals surface area contributed by atoms with Gasteiger partial charge in [0.25, 0.3) is 5.56 Å². The summed E-state index contributed by atoms with van der Waals surface area (Å²) in [6.07, 6.45) is 0.674. The van der Waals surface area contributed by atoms with Gasteiger partial charge in [0.2, 0.25) is 5.78 Å². The second-order valence-electron chi connectivity index (χ2n) is 6.85. The van der Waals surface area contributed by atoms with E-state index in [9.17, 15) is 14.4 Å². The number of Topliss-reactive ketones (excluding diaryl/α,β-unsaturated/α-hetero) is 1. The fourth-order valence-electron chi connectivity index (χ4n) is 3.43. The van der Waals surface area contributed by atoms with Crippen molar-refractivity contribution in [2.24, 2.45) is 0 Å². The van der Waals surface area contributed by atoms with Crippen molar-refractivity contribution < 1.29 is 9.53 Å². The van der Waals surface area contributed by atoms with Crippen LogP contribution >= 0.6 is 11.6 Å². The average molecular weight is 427 g/mol. The number of methoxy groups -OCH3 is 1. The number of ketones is 1. The minimum Gasteiger partial charge on any atom is -0.497 e. The lowest BCUT2D eigenvalue weighted by Gasteiger charge is -2.08. The highest BCUT2D eigenvalue weighted by molar-refractivity contribution is 6.31. The number of rotatable bonds is 6. The molecule has 4 rings (SSSR count). The smallest absolute Gasteiger partial charge is 0.352 e. The summed E-state index contributed by atoms with van der Waals surface area (Å²) < 4.78 is 8.97. The van der Waals surface area contributed by atoms with E-state index in [1.807, 2.05) is 6.92 Å². The zero-order valence-corrected chi connectivity index (χ0v) is 17.2. The molecule has 0 N–H and O–H groups in total. The van der Waals surface area contributed by atoms with Gasteiger partial charge in [0.1, 0.15) is 12.3 Å². The van der Waals surface area contributed by atoms with Gasteiger partial charge in [-0.15, -0.1) is 5.10 Å². The molecule has 154 valence electrons.